The number of hydrogen-bond acceptors (Lipinski definition) is 3. The maximum Gasteiger partial charge on any atom is 0.338 e. The van der Waals surface area contributed by atoms with Crippen LogP contribution in [-0.2, 0) is 4.74 Å². The van der Waals surface area contributed by atoms with Crippen LogP contribution >= 0.6 is 15.9 Å². The summed E-state index contributed by atoms with van der Waals surface area (Å²) in [4.78, 5) is 13.8. The van der Waals surface area contributed by atoms with Crippen LogP contribution < -0.4 is 4.90 Å². The molecule has 0 aliphatic carbocycles. The molecule has 1 aromatic carbocycles. The van der Waals surface area contributed by atoms with E-state index in [0.717, 1.165) is 28.7 Å². The predicted molar refractivity (Wildman–Crippen MR) is 73.8 cm³/mol. The van der Waals surface area contributed by atoms with Gasteiger partial charge in [-0.2, -0.15) is 0 Å². The largest absolute Gasteiger partial charge is 0.465 e. The van der Waals surface area contributed by atoms with Crippen molar-refractivity contribution in [2.24, 2.45) is 0 Å². The van der Waals surface area contributed by atoms with Gasteiger partial charge in [0.15, 0.2) is 0 Å². The van der Waals surface area contributed by atoms with Crippen LogP contribution in [0.5, 0.6) is 0 Å². The molecule has 1 rings (SSSR count). The Morgan fingerprint density at radius 3 is 2.65 bits per heavy atom. The number of ether oxygens (including phenoxy) is 1. The lowest BCUT2D eigenvalue weighted by molar-refractivity contribution is 0.0600. The fourth-order valence-corrected chi connectivity index (χ4v) is 2.28. The second-order valence-electron chi connectivity index (χ2n) is 4.01. The highest BCUT2D eigenvalue weighted by Gasteiger charge is 2.15. The van der Waals surface area contributed by atoms with Gasteiger partial charge in [-0.15, -0.1) is 0 Å². The Labute approximate surface area is 111 Å². The van der Waals surface area contributed by atoms with Crippen molar-refractivity contribution < 1.29 is 9.53 Å². The Hall–Kier alpha value is -1.03. The zero-order valence-electron chi connectivity index (χ0n) is 10.7. The molecule has 3 nitrogen and oxygen atoms in total. The van der Waals surface area contributed by atoms with Crippen molar-refractivity contribution in [2.45, 2.75) is 20.3 Å². The number of methoxy groups -OCH3 is 1. The van der Waals surface area contributed by atoms with Gasteiger partial charge in [-0.25, -0.2) is 4.79 Å². The Morgan fingerprint density at radius 2 is 2.12 bits per heavy atom. The third-order valence-electron chi connectivity index (χ3n) is 2.72. The molecule has 0 radical (unpaired) electrons. The van der Waals surface area contributed by atoms with E-state index >= 15 is 0 Å². The summed E-state index contributed by atoms with van der Waals surface area (Å²) in [6, 6.07) is 3.82. The molecule has 1 aromatic rings. The minimum Gasteiger partial charge on any atom is -0.465 e. The highest BCUT2D eigenvalue weighted by atomic mass is 79.9. The number of hydrogen-bond donors (Lipinski definition) is 0. The van der Waals surface area contributed by atoms with Crippen molar-refractivity contribution in [3.8, 4) is 0 Å². The summed E-state index contributed by atoms with van der Waals surface area (Å²) in [7, 11) is 3.43. The number of carbonyl (C=O) groups excluding carboxylic acids is 1. The van der Waals surface area contributed by atoms with E-state index < -0.39 is 0 Å². The van der Waals surface area contributed by atoms with Crippen LogP contribution in [0.15, 0.2) is 16.6 Å². The molecular weight excluding hydrogens is 282 g/mol. The molecular formula is C13H18BrNO2. The molecule has 0 amide bonds. The van der Waals surface area contributed by atoms with Crippen molar-refractivity contribution >= 4 is 27.6 Å². The molecule has 0 aliphatic rings. The quantitative estimate of drug-likeness (QED) is 0.798. The number of nitrogens with zero attached hydrogens (tertiary/aromatic N) is 1. The van der Waals surface area contributed by atoms with Crippen LogP contribution in [0.2, 0.25) is 0 Å². The second-order valence-corrected chi connectivity index (χ2v) is 4.93. The molecule has 0 aliphatic heterocycles. The van der Waals surface area contributed by atoms with E-state index in [1.807, 2.05) is 20.0 Å². The van der Waals surface area contributed by atoms with Gasteiger partial charge in [0.05, 0.1) is 12.7 Å². The maximum absolute atomic E-state index is 11.7. The smallest absolute Gasteiger partial charge is 0.338 e. The molecule has 0 saturated carbocycles. The first-order chi connectivity index (χ1) is 8.01. The van der Waals surface area contributed by atoms with Gasteiger partial charge >= 0.3 is 5.97 Å². The summed E-state index contributed by atoms with van der Waals surface area (Å²) in [5.41, 5.74) is 2.62. The first-order valence-electron chi connectivity index (χ1n) is 5.60. The highest BCUT2D eigenvalue weighted by molar-refractivity contribution is 9.10. The van der Waals surface area contributed by atoms with Crippen LogP contribution in [-0.4, -0.2) is 26.7 Å². The van der Waals surface area contributed by atoms with Gasteiger partial charge in [0.1, 0.15) is 0 Å². The second kappa shape index (κ2) is 6.05. The van der Waals surface area contributed by atoms with E-state index in [-0.39, 0.29) is 5.97 Å². The van der Waals surface area contributed by atoms with E-state index in [4.69, 9.17) is 4.74 Å². The Balaban J connectivity index is 3.23. The van der Waals surface area contributed by atoms with E-state index in [0.29, 0.717) is 5.56 Å². The number of anilines is 1. The molecule has 0 fully saturated rings. The van der Waals surface area contributed by atoms with Gasteiger partial charge in [0, 0.05) is 23.8 Å². The first-order valence-corrected chi connectivity index (χ1v) is 6.40. The van der Waals surface area contributed by atoms with Crippen molar-refractivity contribution in [1.82, 2.24) is 0 Å². The number of carbonyl (C=O) groups is 1. The van der Waals surface area contributed by atoms with Gasteiger partial charge in [-0.1, -0.05) is 22.9 Å². The van der Waals surface area contributed by atoms with Crippen molar-refractivity contribution in [3.05, 3.63) is 27.7 Å². The minimum atomic E-state index is -0.296. The van der Waals surface area contributed by atoms with E-state index in [1.165, 1.54) is 7.11 Å². The Bertz CT molecular complexity index is 418. The summed E-state index contributed by atoms with van der Waals surface area (Å²) in [6.07, 6.45) is 1.07. The van der Waals surface area contributed by atoms with E-state index in [9.17, 15) is 4.79 Å². The average Bonchev–Trinajstić information content (AvgIpc) is 2.30. The lowest BCUT2D eigenvalue weighted by Crippen LogP contribution is -2.20. The van der Waals surface area contributed by atoms with Gasteiger partial charge in [-0.3, -0.25) is 0 Å². The average molecular weight is 300 g/mol. The normalized spacial score (nSPS) is 10.2. The summed E-state index contributed by atoms with van der Waals surface area (Å²) in [6.45, 7) is 5.03. The van der Waals surface area contributed by atoms with Crippen LogP contribution in [0.1, 0.15) is 29.3 Å². The van der Waals surface area contributed by atoms with E-state index in [1.54, 1.807) is 6.07 Å². The lowest BCUT2D eigenvalue weighted by Gasteiger charge is -2.22. The van der Waals surface area contributed by atoms with Crippen molar-refractivity contribution in [2.75, 3.05) is 25.6 Å². The molecule has 94 valence electrons. The Morgan fingerprint density at radius 1 is 1.47 bits per heavy atom. The fraction of sp³-hybridized carbons (Fsp3) is 0.462. The van der Waals surface area contributed by atoms with Crippen LogP contribution in [0.4, 0.5) is 5.69 Å². The first kappa shape index (κ1) is 14.0. The summed E-state index contributed by atoms with van der Waals surface area (Å²) >= 11 is 3.43. The monoisotopic (exact) mass is 299 g/mol. The summed E-state index contributed by atoms with van der Waals surface area (Å²) in [5, 5.41) is 0. The van der Waals surface area contributed by atoms with Gasteiger partial charge in [0.2, 0.25) is 0 Å². The molecule has 0 N–H and O–H groups in total. The maximum atomic E-state index is 11.7. The van der Waals surface area contributed by atoms with E-state index in [2.05, 4.69) is 27.8 Å². The molecule has 0 spiro atoms. The van der Waals surface area contributed by atoms with Crippen LogP contribution in [0, 0.1) is 6.92 Å². The third kappa shape index (κ3) is 3.22. The van der Waals surface area contributed by atoms with Crippen LogP contribution in [0.25, 0.3) is 0 Å². The number of benzene rings is 1. The molecule has 0 saturated heterocycles. The molecule has 0 bridgehead atoms. The summed E-state index contributed by atoms with van der Waals surface area (Å²) < 4.78 is 5.68. The Kier molecular flexibility index (Phi) is 5.00. The molecule has 0 unspecified atom stereocenters. The number of esters is 1. The summed E-state index contributed by atoms with van der Waals surface area (Å²) in [5.74, 6) is -0.296. The van der Waals surface area contributed by atoms with Crippen molar-refractivity contribution in [3.63, 3.8) is 0 Å². The van der Waals surface area contributed by atoms with Gasteiger partial charge in [-0.05, 0) is 31.0 Å². The third-order valence-corrected chi connectivity index (χ3v) is 3.18. The minimum absolute atomic E-state index is 0.296. The van der Waals surface area contributed by atoms with Crippen molar-refractivity contribution in [1.29, 1.82) is 0 Å². The zero-order valence-corrected chi connectivity index (χ0v) is 12.3. The molecule has 17 heavy (non-hydrogen) atoms. The topological polar surface area (TPSA) is 29.5 Å². The zero-order chi connectivity index (χ0) is 13.0. The van der Waals surface area contributed by atoms with Gasteiger partial charge in [0.25, 0.3) is 0 Å². The molecule has 0 heterocycles. The highest BCUT2D eigenvalue weighted by Crippen LogP contribution is 2.28. The van der Waals surface area contributed by atoms with Gasteiger partial charge < -0.3 is 9.64 Å². The lowest BCUT2D eigenvalue weighted by atomic mass is 10.1. The standard InChI is InChI=1S/C13H18BrNO2/c1-5-6-15(3)12-8-10(14)7-11(9(12)2)13(16)17-4/h7-8H,5-6H2,1-4H3. The number of halogens is 1. The fourth-order valence-electron chi connectivity index (χ4n) is 1.84. The molecule has 4 heteroatoms. The number of rotatable bonds is 4. The SMILES string of the molecule is CCCN(C)c1cc(Br)cc(C(=O)OC)c1C. The predicted octanol–water partition coefficient (Wildman–Crippen LogP) is 3.39. The molecule has 0 atom stereocenters. The molecule has 0 aromatic heterocycles. The van der Waals surface area contributed by atoms with Crippen LogP contribution in [0.3, 0.4) is 0 Å².